The first kappa shape index (κ1) is 20.9. The standard InChI is InChI=1S/C28H24NOP/c1-23-17-20-25(21-18-23)28(22-19-24-11-5-2-6-12-24)29-31(30,26-13-7-3-8-14-26)27-15-9-4-10-16-27/h2-18,20-21,28H,1H3,(H,29,30)/t28-/m0/s1. The van der Waals surface area contributed by atoms with Gasteiger partial charge in [0.15, 0.2) is 0 Å². The molecule has 0 heterocycles. The van der Waals surface area contributed by atoms with Gasteiger partial charge in [-0.05, 0) is 48.9 Å². The molecule has 0 amide bonds. The van der Waals surface area contributed by atoms with Crippen molar-refractivity contribution in [1.82, 2.24) is 5.09 Å². The van der Waals surface area contributed by atoms with Crippen LogP contribution in [0.2, 0.25) is 0 Å². The third kappa shape index (κ3) is 5.04. The molecule has 0 saturated carbocycles. The SMILES string of the molecule is Cc1ccc([C@H](C#Cc2ccccc2)NP(=O)(c2ccccc2)c2ccccc2)cc1. The summed E-state index contributed by atoms with van der Waals surface area (Å²) in [6, 6.07) is 36.9. The van der Waals surface area contributed by atoms with Gasteiger partial charge in [0, 0.05) is 16.2 Å². The van der Waals surface area contributed by atoms with Crippen LogP contribution in [0, 0.1) is 18.8 Å². The summed E-state index contributed by atoms with van der Waals surface area (Å²) in [5.41, 5.74) is 3.09. The quantitative estimate of drug-likeness (QED) is 0.335. The molecule has 0 aliphatic rings. The lowest BCUT2D eigenvalue weighted by atomic mass is 10.1. The van der Waals surface area contributed by atoms with Crippen molar-refractivity contribution < 1.29 is 4.57 Å². The number of rotatable bonds is 5. The van der Waals surface area contributed by atoms with Crippen molar-refractivity contribution in [3.8, 4) is 11.8 Å². The third-order valence-electron chi connectivity index (χ3n) is 5.10. The monoisotopic (exact) mass is 421 g/mol. The predicted octanol–water partition coefficient (Wildman–Crippen LogP) is 5.61. The van der Waals surface area contributed by atoms with Crippen molar-refractivity contribution >= 4 is 17.9 Å². The van der Waals surface area contributed by atoms with Crippen LogP contribution in [-0.2, 0) is 4.57 Å². The molecular formula is C28H24NOP. The molecule has 3 heteroatoms. The Labute approximate surface area is 184 Å². The maximum absolute atomic E-state index is 14.5. The van der Waals surface area contributed by atoms with Gasteiger partial charge in [-0.25, -0.2) is 5.09 Å². The average Bonchev–Trinajstić information content (AvgIpc) is 2.84. The van der Waals surface area contributed by atoms with Crippen LogP contribution in [0.4, 0.5) is 0 Å². The molecule has 0 aliphatic heterocycles. The zero-order valence-corrected chi connectivity index (χ0v) is 18.3. The lowest BCUT2D eigenvalue weighted by Crippen LogP contribution is -2.30. The van der Waals surface area contributed by atoms with Crippen LogP contribution in [0.25, 0.3) is 0 Å². The van der Waals surface area contributed by atoms with Crippen LogP contribution in [0.1, 0.15) is 22.7 Å². The predicted molar refractivity (Wildman–Crippen MR) is 130 cm³/mol. The summed E-state index contributed by atoms with van der Waals surface area (Å²) in [5, 5.41) is 4.98. The highest BCUT2D eigenvalue weighted by Gasteiger charge is 2.30. The van der Waals surface area contributed by atoms with Crippen LogP contribution in [0.5, 0.6) is 0 Å². The number of nitrogens with one attached hydrogen (secondary N) is 1. The molecule has 0 saturated heterocycles. The second-order valence-corrected chi connectivity index (χ2v) is 9.90. The van der Waals surface area contributed by atoms with E-state index in [1.54, 1.807) is 0 Å². The average molecular weight is 421 g/mol. The van der Waals surface area contributed by atoms with Gasteiger partial charge < -0.3 is 0 Å². The Balaban J connectivity index is 1.80. The molecule has 0 spiro atoms. The third-order valence-corrected chi connectivity index (χ3v) is 7.77. The highest BCUT2D eigenvalue weighted by molar-refractivity contribution is 7.76. The van der Waals surface area contributed by atoms with E-state index in [-0.39, 0.29) is 0 Å². The van der Waals surface area contributed by atoms with Gasteiger partial charge in [0.1, 0.15) is 6.04 Å². The second-order valence-electron chi connectivity index (χ2n) is 7.39. The van der Waals surface area contributed by atoms with E-state index in [1.165, 1.54) is 5.56 Å². The molecule has 0 bridgehead atoms. The smallest absolute Gasteiger partial charge is 0.205 e. The Morgan fingerprint density at radius 1 is 0.677 bits per heavy atom. The zero-order chi connectivity index (χ0) is 21.5. The first-order chi connectivity index (χ1) is 15.1. The molecule has 31 heavy (non-hydrogen) atoms. The number of hydrogen-bond donors (Lipinski definition) is 1. The Hall–Kier alpha value is -3.37. The molecule has 152 valence electrons. The molecule has 0 unspecified atom stereocenters. The lowest BCUT2D eigenvalue weighted by molar-refractivity contribution is 0.574. The Morgan fingerprint density at radius 3 is 1.68 bits per heavy atom. The lowest BCUT2D eigenvalue weighted by Gasteiger charge is -2.24. The molecule has 4 rings (SSSR count). The Bertz CT molecular complexity index is 1180. The van der Waals surface area contributed by atoms with Crippen LogP contribution < -0.4 is 15.7 Å². The Kier molecular flexibility index (Phi) is 6.48. The number of aryl methyl sites for hydroxylation is 1. The minimum absolute atomic E-state index is 0.396. The Morgan fingerprint density at radius 2 is 1.16 bits per heavy atom. The minimum atomic E-state index is -3.13. The van der Waals surface area contributed by atoms with E-state index in [9.17, 15) is 4.57 Å². The fraction of sp³-hybridized carbons (Fsp3) is 0.0714. The maximum atomic E-state index is 14.5. The van der Waals surface area contributed by atoms with Gasteiger partial charge in [-0.2, -0.15) is 0 Å². The van der Waals surface area contributed by atoms with E-state index in [0.717, 1.165) is 21.7 Å². The first-order valence-electron chi connectivity index (χ1n) is 10.3. The molecule has 0 aromatic heterocycles. The van der Waals surface area contributed by atoms with E-state index in [4.69, 9.17) is 0 Å². The summed E-state index contributed by atoms with van der Waals surface area (Å²) in [6.45, 7) is 2.06. The van der Waals surface area contributed by atoms with Crippen molar-refractivity contribution in [2.75, 3.05) is 0 Å². The van der Waals surface area contributed by atoms with E-state index in [1.807, 2.05) is 103 Å². The van der Waals surface area contributed by atoms with E-state index >= 15 is 0 Å². The van der Waals surface area contributed by atoms with Gasteiger partial charge in [-0.1, -0.05) is 96.3 Å². The molecule has 0 aliphatic carbocycles. The largest absolute Gasteiger partial charge is 0.296 e. The topological polar surface area (TPSA) is 29.1 Å². The molecule has 0 fully saturated rings. The zero-order valence-electron chi connectivity index (χ0n) is 17.4. The van der Waals surface area contributed by atoms with E-state index in [2.05, 4.69) is 36.0 Å². The van der Waals surface area contributed by atoms with E-state index < -0.39 is 13.3 Å². The van der Waals surface area contributed by atoms with E-state index in [0.29, 0.717) is 0 Å². The van der Waals surface area contributed by atoms with Crippen molar-refractivity contribution in [2.45, 2.75) is 13.0 Å². The number of hydrogen-bond acceptors (Lipinski definition) is 1. The normalized spacial score (nSPS) is 11.9. The van der Waals surface area contributed by atoms with Crippen molar-refractivity contribution in [2.24, 2.45) is 0 Å². The van der Waals surface area contributed by atoms with Crippen LogP contribution in [-0.4, -0.2) is 0 Å². The molecule has 2 nitrogen and oxygen atoms in total. The van der Waals surface area contributed by atoms with Crippen molar-refractivity contribution in [3.63, 3.8) is 0 Å². The van der Waals surface area contributed by atoms with Gasteiger partial charge in [0.25, 0.3) is 0 Å². The summed E-state index contributed by atoms with van der Waals surface area (Å²) in [6.07, 6.45) is 0. The molecule has 4 aromatic carbocycles. The van der Waals surface area contributed by atoms with Gasteiger partial charge in [0.05, 0.1) is 0 Å². The van der Waals surface area contributed by atoms with Gasteiger partial charge in [-0.3, -0.25) is 4.57 Å². The summed E-state index contributed by atoms with van der Waals surface area (Å²) in [4.78, 5) is 0. The van der Waals surface area contributed by atoms with Gasteiger partial charge in [-0.15, -0.1) is 0 Å². The second kappa shape index (κ2) is 9.63. The fourth-order valence-corrected chi connectivity index (χ4v) is 5.74. The summed E-state index contributed by atoms with van der Waals surface area (Å²) >= 11 is 0. The molecule has 1 N–H and O–H groups in total. The first-order valence-corrected chi connectivity index (χ1v) is 12.0. The van der Waals surface area contributed by atoms with Crippen LogP contribution in [0.3, 0.4) is 0 Å². The minimum Gasteiger partial charge on any atom is -0.296 e. The van der Waals surface area contributed by atoms with Crippen molar-refractivity contribution in [1.29, 1.82) is 0 Å². The fourth-order valence-electron chi connectivity index (χ4n) is 3.38. The summed E-state index contributed by atoms with van der Waals surface area (Å²) in [7, 11) is -3.13. The summed E-state index contributed by atoms with van der Waals surface area (Å²) in [5.74, 6) is 6.58. The molecule has 0 radical (unpaired) electrons. The van der Waals surface area contributed by atoms with Crippen LogP contribution in [0.15, 0.2) is 115 Å². The molecular weight excluding hydrogens is 397 g/mol. The summed E-state index contributed by atoms with van der Waals surface area (Å²) < 4.78 is 14.5. The van der Waals surface area contributed by atoms with Gasteiger partial charge in [0.2, 0.25) is 7.29 Å². The highest BCUT2D eigenvalue weighted by atomic mass is 31.2. The van der Waals surface area contributed by atoms with Crippen LogP contribution >= 0.6 is 7.29 Å². The molecule has 1 atom stereocenters. The highest BCUT2D eigenvalue weighted by Crippen LogP contribution is 2.41. The van der Waals surface area contributed by atoms with Crippen molar-refractivity contribution in [3.05, 3.63) is 132 Å². The molecule has 4 aromatic rings. The number of benzene rings is 4. The van der Waals surface area contributed by atoms with Gasteiger partial charge >= 0.3 is 0 Å². The maximum Gasteiger partial charge on any atom is 0.205 e.